The summed E-state index contributed by atoms with van der Waals surface area (Å²) in [6.07, 6.45) is 21.3. The maximum absolute atomic E-state index is 3.23. The Bertz CT molecular complexity index is 4080. The molecule has 0 aliphatic rings. The molecule has 0 aliphatic heterocycles. The first kappa shape index (κ1) is 45.3. The molecule has 0 radical (unpaired) electrons. The van der Waals surface area contributed by atoms with Gasteiger partial charge in [0.1, 0.15) is 5.65 Å². The minimum Gasteiger partial charge on any atom is -0.363 e. The van der Waals surface area contributed by atoms with Crippen molar-refractivity contribution < 1.29 is 0 Å². The largest absolute Gasteiger partial charge is 0.363 e. The van der Waals surface area contributed by atoms with Gasteiger partial charge in [-0.3, -0.25) is 0 Å². The predicted octanol–water partition coefficient (Wildman–Crippen LogP) is 14.3. The molecule has 14 heterocycles. The van der Waals surface area contributed by atoms with Gasteiger partial charge in [0.2, 0.25) is 0 Å². The van der Waals surface area contributed by atoms with Gasteiger partial charge in [0, 0.05) is 162 Å². The van der Waals surface area contributed by atoms with Crippen molar-refractivity contribution in [1.82, 2.24) is 45.3 Å². The van der Waals surface area contributed by atoms with Gasteiger partial charge in [-0.25, -0.2) is 0 Å². The Kier molecular flexibility index (Phi) is 11.6. The van der Waals surface area contributed by atoms with Gasteiger partial charge < -0.3 is 45.3 Å². The number of aromatic amines is 1. The van der Waals surface area contributed by atoms with Crippen LogP contribution < -0.4 is 0 Å². The molecule has 0 unspecified atom stereocenters. The van der Waals surface area contributed by atoms with Gasteiger partial charge in [-0.05, 0) is 107 Å². The first-order chi connectivity index (χ1) is 33.4. The van der Waals surface area contributed by atoms with Crippen molar-refractivity contribution in [3.63, 3.8) is 0 Å². The van der Waals surface area contributed by atoms with Crippen LogP contribution in [0.15, 0.2) is 183 Å². The van der Waals surface area contributed by atoms with Crippen LogP contribution in [0.3, 0.4) is 0 Å². The number of nitrogens with zero attached hydrogens (tertiary/aromatic N) is 9. The molecule has 10 nitrogen and oxygen atoms in total. The average Bonchev–Trinajstić information content (AvgIpc) is 4.26. The third kappa shape index (κ3) is 7.62. The molecule has 0 bridgehead atoms. The maximum atomic E-state index is 3.23. The van der Waals surface area contributed by atoms with Crippen LogP contribution in [0.5, 0.6) is 0 Å². The molecule has 0 atom stereocenters. The number of benzene rings is 1. The van der Waals surface area contributed by atoms with Gasteiger partial charge in [-0.1, -0.05) is 56.0 Å². The van der Waals surface area contributed by atoms with Gasteiger partial charge in [0.05, 0.1) is 33.1 Å². The molecule has 0 spiro atoms. The fraction of sp³-hybridized carbons (Fsp3) is 0.167. The third-order valence-electron chi connectivity index (χ3n) is 14.2. The second kappa shape index (κ2) is 17.9. The average molecular weight is 923 g/mol. The van der Waals surface area contributed by atoms with Crippen LogP contribution in [0.25, 0.3) is 82.1 Å². The molecule has 0 saturated carbocycles. The van der Waals surface area contributed by atoms with E-state index in [2.05, 4.69) is 291 Å². The van der Waals surface area contributed by atoms with E-state index >= 15 is 0 Å². The van der Waals surface area contributed by atoms with Crippen molar-refractivity contribution in [2.45, 2.75) is 42.0 Å². The lowest BCUT2D eigenvalue weighted by Crippen LogP contribution is -1.90. The van der Waals surface area contributed by atoms with Crippen LogP contribution in [0.4, 0.5) is 0 Å². The Balaban J connectivity index is 0.000000101. The molecule has 1 N–H and O–H groups in total. The third-order valence-corrected chi connectivity index (χ3v) is 14.2. The number of hydrogen-bond donors (Lipinski definition) is 1. The molecular formula is C60H62N10. The van der Waals surface area contributed by atoms with Crippen molar-refractivity contribution in [2.24, 2.45) is 28.2 Å². The van der Waals surface area contributed by atoms with E-state index in [0.717, 1.165) is 0 Å². The normalized spacial score (nSPS) is 11.4. The van der Waals surface area contributed by atoms with E-state index in [4.69, 9.17) is 0 Å². The second-order valence-electron chi connectivity index (χ2n) is 18.4. The van der Waals surface area contributed by atoms with Crippen molar-refractivity contribution in [3.05, 3.63) is 212 Å². The predicted molar refractivity (Wildman–Crippen MR) is 295 cm³/mol. The zero-order chi connectivity index (χ0) is 47.7. The Morgan fingerprint density at radius 2 is 1.03 bits per heavy atom. The first-order valence-electron chi connectivity index (χ1n) is 23.6. The summed E-state index contributed by atoms with van der Waals surface area (Å²) in [6, 6.07) is 42.5. The number of H-pyrrole nitrogens is 1. The zero-order valence-electron chi connectivity index (χ0n) is 40.8. The molecule has 0 amide bonds. The van der Waals surface area contributed by atoms with Crippen LogP contribution in [0, 0.1) is 34.6 Å². The Labute approximate surface area is 407 Å². The molecular weight excluding hydrogens is 861 g/mol. The second-order valence-corrected chi connectivity index (χ2v) is 18.4. The molecule has 0 aliphatic carbocycles. The summed E-state index contributed by atoms with van der Waals surface area (Å²) in [4.78, 5) is 3.23. The van der Waals surface area contributed by atoms with Crippen LogP contribution in [-0.2, 0) is 28.2 Å². The highest BCUT2D eigenvalue weighted by Gasteiger charge is 2.11. The number of hydrogen-bond acceptors (Lipinski definition) is 0. The van der Waals surface area contributed by atoms with Gasteiger partial charge in [0.25, 0.3) is 0 Å². The Morgan fingerprint density at radius 1 is 0.400 bits per heavy atom. The van der Waals surface area contributed by atoms with Gasteiger partial charge in [-0.2, -0.15) is 0 Å². The molecule has 15 aromatic rings. The molecule has 1 aromatic carbocycles. The van der Waals surface area contributed by atoms with Crippen LogP contribution in [-0.4, -0.2) is 45.3 Å². The van der Waals surface area contributed by atoms with Gasteiger partial charge >= 0.3 is 0 Å². The number of imidazole rings is 1. The van der Waals surface area contributed by atoms with Crippen molar-refractivity contribution in [2.75, 3.05) is 0 Å². The summed E-state index contributed by atoms with van der Waals surface area (Å²) in [6.45, 7) is 10.7. The highest BCUT2D eigenvalue weighted by atomic mass is 15.1. The Hall–Kier alpha value is -8.50. The summed E-state index contributed by atoms with van der Waals surface area (Å²) in [5, 5.41) is 7.91. The molecule has 352 valence electrons. The van der Waals surface area contributed by atoms with Crippen molar-refractivity contribution >= 4 is 82.1 Å². The van der Waals surface area contributed by atoms with Crippen molar-refractivity contribution in [1.29, 1.82) is 0 Å². The highest BCUT2D eigenvalue weighted by molar-refractivity contribution is 5.98. The lowest BCUT2D eigenvalue weighted by atomic mass is 10.2. The first-order valence-corrected chi connectivity index (χ1v) is 23.6. The lowest BCUT2D eigenvalue weighted by Gasteiger charge is -1.98. The van der Waals surface area contributed by atoms with Crippen LogP contribution in [0.1, 0.15) is 35.9 Å². The highest BCUT2D eigenvalue weighted by Crippen LogP contribution is 2.28. The minimum atomic E-state index is 0. The van der Waals surface area contributed by atoms with Crippen molar-refractivity contribution in [3.8, 4) is 0 Å². The summed E-state index contributed by atoms with van der Waals surface area (Å²) < 4.78 is 19.8. The Morgan fingerprint density at radius 3 is 1.80 bits per heavy atom. The number of pyridine rings is 4. The van der Waals surface area contributed by atoms with Crippen LogP contribution in [0.2, 0.25) is 0 Å². The van der Waals surface area contributed by atoms with E-state index in [1.807, 2.05) is 0 Å². The lowest BCUT2D eigenvalue weighted by molar-refractivity contribution is 0.886. The van der Waals surface area contributed by atoms with E-state index in [-0.39, 0.29) is 7.43 Å². The summed E-state index contributed by atoms with van der Waals surface area (Å²) in [5.41, 5.74) is 18.0. The number of fused-ring (bicyclic) bond motifs is 15. The molecule has 14 aromatic heterocycles. The number of rotatable bonds is 0. The maximum Gasteiger partial charge on any atom is 0.124 e. The van der Waals surface area contributed by atoms with Crippen LogP contribution >= 0.6 is 0 Å². The molecule has 10 heteroatoms. The SMILES string of the molecule is C.Cc1[nH]cc2cc3ccccn3c12.Cc1c2cc3ccccn3c2cn1C.Cc1cc2c(cn3ccccc23)n1C.Cc1cc2cn3ccccc3c2n1C.Cc1cn2cc3ccccc3c2n1C. The monoisotopic (exact) mass is 923 g/mol. The van der Waals surface area contributed by atoms with E-state index in [1.54, 1.807) is 0 Å². The topological polar surface area (TPSA) is 57.6 Å². The quantitative estimate of drug-likeness (QED) is 0.158. The van der Waals surface area contributed by atoms with E-state index in [9.17, 15) is 0 Å². The van der Waals surface area contributed by atoms with E-state index in [0.29, 0.717) is 0 Å². The van der Waals surface area contributed by atoms with Gasteiger partial charge in [-0.15, -0.1) is 0 Å². The zero-order valence-corrected chi connectivity index (χ0v) is 40.8. The number of nitrogens with one attached hydrogen (secondary N) is 1. The molecule has 70 heavy (non-hydrogen) atoms. The standard InChI is InChI=1S/4C12H12N2.C11H10N2.CH4/c1-9-11-7-10-5-3-4-6-14(10)12(11)8-13(9)2;1-9-7-10-11-5-3-4-6-14(11)8-12(10)13(9)2;1-9-7-10-8-14-6-4-3-5-11(14)12(10)13(9)2;1-9-7-14-8-10-5-3-4-6-11(10)12(14)13(9)2;1-8-11-9(7-12-8)6-10-4-2-3-5-13(10)11;/h4*3-8H,1-2H3;2-7,12H,1H3;1H4. The fourth-order valence-corrected chi connectivity index (χ4v) is 10.2. The smallest absolute Gasteiger partial charge is 0.124 e. The van der Waals surface area contributed by atoms with Gasteiger partial charge in [0.15, 0.2) is 0 Å². The number of aryl methyl sites for hydroxylation is 9. The van der Waals surface area contributed by atoms with E-state index < -0.39 is 0 Å². The fourth-order valence-electron chi connectivity index (χ4n) is 10.2. The summed E-state index contributed by atoms with van der Waals surface area (Å²) in [7, 11) is 8.42. The minimum absolute atomic E-state index is 0. The van der Waals surface area contributed by atoms with E-state index in [1.165, 1.54) is 111 Å². The summed E-state index contributed by atoms with van der Waals surface area (Å²) >= 11 is 0. The molecule has 0 saturated heterocycles. The molecule has 0 fully saturated rings. The summed E-state index contributed by atoms with van der Waals surface area (Å²) in [5.74, 6) is 0. The number of aromatic nitrogens is 10. The molecule has 15 rings (SSSR count).